The number of benzene rings is 1. The van der Waals surface area contributed by atoms with Crippen LogP contribution in [0.3, 0.4) is 0 Å². The van der Waals surface area contributed by atoms with Crippen molar-refractivity contribution in [3.63, 3.8) is 0 Å². The molecule has 1 N–H and O–H groups in total. The number of ether oxygens (including phenoxy) is 2. The average molecular weight is 381 g/mol. The van der Waals surface area contributed by atoms with E-state index >= 15 is 0 Å². The molecule has 0 radical (unpaired) electrons. The van der Waals surface area contributed by atoms with Crippen LogP contribution in [-0.4, -0.2) is 46.5 Å². The molecule has 6 nitrogen and oxygen atoms in total. The highest BCUT2D eigenvalue weighted by atomic mass is 32.2. The van der Waals surface area contributed by atoms with Crippen LogP contribution in [-0.2, 0) is 9.59 Å². The van der Waals surface area contributed by atoms with E-state index < -0.39 is 17.9 Å². The summed E-state index contributed by atoms with van der Waals surface area (Å²) in [6.07, 6.45) is 2.62. The van der Waals surface area contributed by atoms with Crippen LogP contribution in [0.2, 0.25) is 0 Å². The highest BCUT2D eigenvalue weighted by molar-refractivity contribution is 8.26. The Kier molecular flexibility index (Phi) is 6.44. The minimum atomic E-state index is -1.06. The number of nitrogens with zero attached hydrogens (tertiary/aromatic N) is 1. The Hall–Kier alpha value is -2.06. The molecule has 1 amide bonds. The van der Waals surface area contributed by atoms with Crippen LogP contribution in [0.5, 0.6) is 11.5 Å². The van der Waals surface area contributed by atoms with Crippen molar-refractivity contribution < 1.29 is 24.2 Å². The minimum Gasteiger partial charge on any atom is -0.497 e. The van der Waals surface area contributed by atoms with Crippen molar-refractivity contribution in [1.82, 2.24) is 4.90 Å². The maximum Gasteiger partial charge on any atom is 0.326 e. The van der Waals surface area contributed by atoms with Crippen molar-refractivity contribution in [2.45, 2.75) is 25.8 Å². The zero-order valence-electron chi connectivity index (χ0n) is 14.1. The molecular weight excluding hydrogens is 362 g/mol. The summed E-state index contributed by atoms with van der Waals surface area (Å²) in [6, 6.07) is 4.29. The fourth-order valence-corrected chi connectivity index (χ4v) is 3.83. The maximum absolute atomic E-state index is 12.7. The molecule has 134 valence electrons. The number of amides is 1. The van der Waals surface area contributed by atoms with Gasteiger partial charge < -0.3 is 14.6 Å². The van der Waals surface area contributed by atoms with Crippen molar-refractivity contribution in [2.75, 3.05) is 14.2 Å². The first-order valence-electron chi connectivity index (χ1n) is 7.64. The van der Waals surface area contributed by atoms with Crippen LogP contribution < -0.4 is 9.47 Å². The predicted octanol–water partition coefficient (Wildman–Crippen LogP) is 3.16. The molecule has 0 spiro atoms. The Labute approximate surface area is 155 Å². The summed E-state index contributed by atoms with van der Waals surface area (Å²) in [5.74, 6) is -0.259. The number of carboxylic acids is 1. The number of aliphatic carboxylic acids is 1. The number of rotatable bonds is 7. The van der Waals surface area contributed by atoms with Gasteiger partial charge in [0.1, 0.15) is 21.9 Å². The van der Waals surface area contributed by atoms with Gasteiger partial charge in [-0.2, -0.15) is 0 Å². The molecule has 0 aliphatic carbocycles. The molecule has 1 unspecified atom stereocenters. The van der Waals surface area contributed by atoms with E-state index in [2.05, 4.69) is 0 Å². The molecule has 1 aromatic rings. The molecule has 1 aromatic carbocycles. The summed E-state index contributed by atoms with van der Waals surface area (Å²) < 4.78 is 10.8. The van der Waals surface area contributed by atoms with Crippen molar-refractivity contribution >= 4 is 46.3 Å². The monoisotopic (exact) mass is 381 g/mol. The van der Waals surface area contributed by atoms with Gasteiger partial charge in [0, 0.05) is 5.56 Å². The molecule has 25 heavy (non-hydrogen) atoms. The lowest BCUT2D eigenvalue weighted by Crippen LogP contribution is -2.43. The number of carbonyl (C=O) groups is 2. The van der Waals surface area contributed by atoms with Crippen LogP contribution in [0.25, 0.3) is 6.08 Å². The van der Waals surface area contributed by atoms with E-state index in [-0.39, 0.29) is 4.32 Å². The van der Waals surface area contributed by atoms with E-state index in [0.29, 0.717) is 34.8 Å². The second kappa shape index (κ2) is 8.35. The number of carbonyl (C=O) groups excluding carboxylic acids is 1. The number of thioether (sulfide) groups is 1. The fraction of sp³-hybridized carbons (Fsp3) is 0.353. The van der Waals surface area contributed by atoms with Gasteiger partial charge in [-0.15, -0.1) is 0 Å². The summed E-state index contributed by atoms with van der Waals surface area (Å²) in [7, 11) is 3.08. The van der Waals surface area contributed by atoms with Gasteiger partial charge in [-0.3, -0.25) is 9.69 Å². The van der Waals surface area contributed by atoms with Crippen molar-refractivity contribution in [2.24, 2.45) is 0 Å². The van der Waals surface area contributed by atoms with Crippen molar-refractivity contribution in [1.29, 1.82) is 0 Å². The Balaban J connectivity index is 2.39. The Bertz CT molecular complexity index is 732. The summed E-state index contributed by atoms with van der Waals surface area (Å²) in [6.45, 7) is 1.87. The highest BCUT2D eigenvalue weighted by Gasteiger charge is 2.40. The van der Waals surface area contributed by atoms with Gasteiger partial charge in [-0.1, -0.05) is 37.3 Å². The number of hydrogen-bond donors (Lipinski definition) is 1. The fourth-order valence-electron chi connectivity index (χ4n) is 2.48. The molecule has 0 aromatic heterocycles. The molecule has 0 bridgehead atoms. The maximum atomic E-state index is 12.7. The normalized spacial score (nSPS) is 17.1. The van der Waals surface area contributed by atoms with Gasteiger partial charge in [0.05, 0.1) is 19.1 Å². The van der Waals surface area contributed by atoms with Gasteiger partial charge in [-0.25, -0.2) is 4.79 Å². The van der Waals surface area contributed by atoms with E-state index in [4.69, 9.17) is 21.7 Å². The first kappa shape index (κ1) is 19.3. The molecule has 1 fully saturated rings. The SMILES string of the molecule is CCCC(C(=O)O)N1C(=O)C(=Cc2cc(OC)ccc2OC)SC1=S. The lowest BCUT2D eigenvalue weighted by molar-refractivity contribution is -0.145. The number of thiocarbonyl (C=S) groups is 1. The summed E-state index contributed by atoms with van der Waals surface area (Å²) >= 11 is 6.33. The third-order valence-electron chi connectivity index (χ3n) is 3.71. The van der Waals surface area contributed by atoms with Crippen LogP contribution in [0.1, 0.15) is 25.3 Å². The lowest BCUT2D eigenvalue weighted by atomic mass is 10.1. The Morgan fingerprint density at radius 3 is 2.68 bits per heavy atom. The molecule has 0 saturated carbocycles. The van der Waals surface area contributed by atoms with Gasteiger partial charge >= 0.3 is 5.97 Å². The lowest BCUT2D eigenvalue weighted by Gasteiger charge is -2.22. The first-order chi connectivity index (χ1) is 11.9. The van der Waals surface area contributed by atoms with Crippen LogP contribution in [0.15, 0.2) is 23.1 Å². The quantitative estimate of drug-likeness (QED) is 0.574. The predicted molar refractivity (Wildman–Crippen MR) is 101 cm³/mol. The standard InChI is InChI=1S/C17H19NO5S2/c1-4-5-12(16(20)21)18-15(19)14(25-17(18)24)9-10-8-11(22-2)6-7-13(10)23-3/h6-9,12H,4-5H2,1-3H3,(H,20,21). The smallest absolute Gasteiger partial charge is 0.326 e. The summed E-state index contributed by atoms with van der Waals surface area (Å²) in [5.41, 5.74) is 0.657. The molecule has 1 aliphatic heterocycles. The number of hydrogen-bond acceptors (Lipinski definition) is 6. The van der Waals surface area contributed by atoms with Crippen LogP contribution in [0.4, 0.5) is 0 Å². The molecule has 1 aliphatic rings. The largest absolute Gasteiger partial charge is 0.497 e. The van der Waals surface area contributed by atoms with E-state index in [0.717, 1.165) is 11.8 Å². The number of carboxylic acid groups (broad SMARTS) is 1. The topological polar surface area (TPSA) is 76.1 Å². The van der Waals surface area contributed by atoms with Crippen molar-refractivity contribution in [3.05, 3.63) is 28.7 Å². The summed E-state index contributed by atoms with van der Waals surface area (Å²) in [5, 5.41) is 9.41. The summed E-state index contributed by atoms with van der Waals surface area (Å²) in [4.78, 5) is 25.8. The molecule has 2 rings (SSSR count). The second-order valence-corrected chi connectivity index (χ2v) is 6.98. The average Bonchev–Trinajstić information content (AvgIpc) is 2.86. The van der Waals surface area contributed by atoms with E-state index in [1.54, 1.807) is 31.4 Å². The third-order valence-corrected chi connectivity index (χ3v) is 5.04. The van der Waals surface area contributed by atoms with E-state index in [9.17, 15) is 14.7 Å². The zero-order valence-corrected chi connectivity index (χ0v) is 15.8. The second-order valence-electron chi connectivity index (χ2n) is 5.30. The van der Waals surface area contributed by atoms with Gasteiger partial charge in [0.15, 0.2) is 0 Å². The van der Waals surface area contributed by atoms with Gasteiger partial charge in [0.2, 0.25) is 0 Å². The van der Waals surface area contributed by atoms with Gasteiger partial charge in [-0.05, 0) is 30.7 Å². The number of methoxy groups -OCH3 is 2. The molecular formula is C17H19NO5S2. The molecule has 1 saturated heterocycles. The minimum absolute atomic E-state index is 0.249. The van der Waals surface area contributed by atoms with E-state index in [1.807, 2.05) is 6.92 Å². The molecule has 1 atom stereocenters. The Morgan fingerprint density at radius 2 is 2.12 bits per heavy atom. The zero-order chi connectivity index (χ0) is 18.6. The van der Waals surface area contributed by atoms with Crippen molar-refractivity contribution in [3.8, 4) is 11.5 Å². The third kappa shape index (κ3) is 4.13. The first-order valence-corrected chi connectivity index (χ1v) is 8.87. The molecule has 1 heterocycles. The van der Waals surface area contributed by atoms with Gasteiger partial charge in [0.25, 0.3) is 5.91 Å². The van der Waals surface area contributed by atoms with Crippen LogP contribution >= 0.6 is 24.0 Å². The Morgan fingerprint density at radius 1 is 1.40 bits per heavy atom. The molecule has 8 heteroatoms. The van der Waals surface area contributed by atoms with E-state index in [1.165, 1.54) is 12.0 Å². The van der Waals surface area contributed by atoms with Crippen LogP contribution in [0, 0.1) is 0 Å². The highest BCUT2D eigenvalue weighted by Crippen LogP contribution is 2.37.